The van der Waals surface area contributed by atoms with E-state index in [1.165, 1.54) is 11.1 Å². The Morgan fingerprint density at radius 3 is 2.35 bits per heavy atom. The number of carbonyl (C=O) groups excluding carboxylic acids is 2. The lowest BCUT2D eigenvalue weighted by molar-refractivity contribution is -0.112. The van der Waals surface area contributed by atoms with E-state index >= 15 is 0 Å². The van der Waals surface area contributed by atoms with E-state index in [-0.39, 0.29) is 5.78 Å². The van der Waals surface area contributed by atoms with Crippen molar-refractivity contribution in [1.82, 2.24) is 4.98 Å². The third kappa shape index (κ3) is 11.9. The fourth-order valence-electron chi connectivity index (χ4n) is 2.45. The van der Waals surface area contributed by atoms with Gasteiger partial charge in [0.15, 0.2) is 5.78 Å². The predicted octanol–water partition coefficient (Wildman–Crippen LogP) is 6.66. The van der Waals surface area contributed by atoms with Gasteiger partial charge in [0.2, 0.25) is 0 Å². The SMILES string of the molecule is C=CCC.C=O.CC(C)=CC(=NCc1ncccc1Br)C(=O)CCc1ccccc1C. The molecule has 0 amide bonds. The Morgan fingerprint density at radius 2 is 1.81 bits per heavy atom. The van der Waals surface area contributed by atoms with Crippen molar-refractivity contribution in [3.05, 3.63) is 88.2 Å². The van der Waals surface area contributed by atoms with Crippen molar-refractivity contribution in [2.75, 3.05) is 0 Å². The number of pyridine rings is 1. The zero-order chi connectivity index (χ0) is 23.6. The largest absolute Gasteiger partial charge is 0.307 e. The first-order valence-electron chi connectivity index (χ1n) is 10.1. The fraction of sp³-hybridized carbons (Fsp3) is 0.308. The molecule has 0 bridgehead atoms. The summed E-state index contributed by atoms with van der Waals surface area (Å²) in [6, 6.07) is 12.0. The summed E-state index contributed by atoms with van der Waals surface area (Å²) < 4.78 is 0.905. The summed E-state index contributed by atoms with van der Waals surface area (Å²) in [5, 5.41) is 0. The van der Waals surface area contributed by atoms with Gasteiger partial charge in [-0.3, -0.25) is 14.8 Å². The van der Waals surface area contributed by atoms with Gasteiger partial charge in [-0.15, -0.1) is 6.58 Å². The number of aromatic nitrogens is 1. The summed E-state index contributed by atoms with van der Waals surface area (Å²) in [4.78, 5) is 29.5. The number of benzene rings is 1. The molecule has 0 fully saturated rings. The van der Waals surface area contributed by atoms with Crippen LogP contribution >= 0.6 is 15.9 Å². The van der Waals surface area contributed by atoms with Crippen LogP contribution in [0.5, 0.6) is 0 Å². The highest BCUT2D eigenvalue weighted by molar-refractivity contribution is 9.10. The Hall–Kier alpha value is -2.66. The Morgan fingerprint density at radius 1 is 1.16 bits per heavy atom. The van der Waals surface area contributed by atoms with E-state index in [9.17, 15) is 4.79 Å². The first-order chi connectivity index (χ1) is 14.9. The quantitative estimate of drug-likeness (QED) is 0.310. The molecule has 31 heavy (non-hydrogen) atoms. The van der Waals surface area contributed by atoms with E-state index in [1.807, 2.05) is 57.1 Å². The Kier molecular flexibility index (Phi) is 15.6. The van der Waals surface area contributed by atoms with Crippen molar-refractivity contribution in [3.8, 4) is 0 Å². The van der Waals surface area contributed by atoms with Crippen LogP contribution in [0, 0.1) is 6.92 Å². The van der Waals surface area contributed by atoms with Crippen molar-refractivity contribution < 1.29 is 9.59 Å². The molecule has 0 atom stereocenters. The number of aliphatic imine (C=N–C) groups is 1. The van der Waals surface area contributed by atoms with E-state index in [1.54, 1.807) is 6.20 Å². The Balaban J connectivity index is 0.00000134. The molecule has 166 valence electrons. The van der Waals surface area contributed by atoms with E-state index in [2.05, 4.69) is 58.5 Å². The number of ketones is 1. The van der Waals surface area contributed by atoms with Crippen LogP contribution in [-0.4, -0.2) is 23.3 Å². The number of hydrogen-bond acceptors (Lipinski definition) is 4. The summed E-state index contributed by atoms with van der Waals surface area (Å²) in [6.45, 7) is 13.9. The highest BCUT2D eigenvalue weighted by Crippen LogP contribution is 2.15. The summed E-state index contributed by atoms with van der Waals surface area (Å²) in [5.41, 5.74) is 4.83. The summed E-state index contributed by atoms with van der Waals surface area (Å²) in [6.07, 6.45) is 7.73. The molecule has 0 aliphatic heterocycles. The third-order valence-electron chi connectivity index (χ3n) is 4.12. The van der Waals surface area contributed by atoms with Gasteiger partial charge in [0.05, 0.1) is 12.2 Å². The number of halogens is 1. The maximum atomic E-state index is 12.7. The predicted molar refractivity (Wildman–Crippen MR) is 135 cm³/mol. The molecule has 0 aliphatic rings. The van der Waals surface area contributed by atoms with E-state index in [4.69, 9.17) is 4.79 Å². The van der Waals surface area contributed by atoms with E-state index in [0.29, 0.717) is 18.7 Å². The number of nitrogens with zero attached hydrogens (tertiary/aromatic N) is 2. The van der Waals surface area contributed by atoms with Gasteiger partial charge in [-0.2, -0.15) is 0 Å². The number of Topliss-reactive ketones (excluding diaryl/α,β-unsaturated/α-hetero) is 1. The van der Waals surface area contributed by atoms with Crippen LogP contribution in [0.1, 0.15) is 50.4 Å². The highest BCUT2D eigenvalue weighted by Gasteiger charge is 2.11. The van der Waals surface area contributed by atoms with Crippen LogP contribution in [0.15, 0.2) is 76.4 Å². The average molecular weight is 485 g/mol. The maximum absolute atomic E-state index is 12.7. The molecule has 0 saturated carbocycles. The molecule has 1 aromatic heterocycles. The molecule has 0 spiro atoms. The van der Waals surface area contributed by atoms with Crippen LogP contribution in [0.25, 0.3) is 0 Å². The molecular weight excluding hydrogens is 452 g/mol. The minimum Gasteiger partial charge on any atom is -0.307 e. The van der Waals surface area contributed by atoms with Crippen LogP contribution in [0.3, 0.4) is 0 Å². The monoisotopic (exact) mass is 484 g/mol. The van der Waals surface area contributed by atoms with Crippen molar-refractivity contribution >= 4 is 34.2 Å². The van der Waals surface area contributed by atoms with Crippen LogP contribution in [0.2, 0.25) is 0 Å². The van der Waals surface area contributed by atoms with Crippen molar-refractivity contribution in [2.24, 2.45) is 4.99 Å². The number of allylic oxidation sites excluding steroid dienone is 3. The molecule has 1 aromatic carbocycles. The molecule has 0 saturated heterocycles. The highest BCUT2D eigenvalue weighted by atomic mass is 79.9. The zero-order valence-electron chi connectivity index (χ0n) is 19.0. The number of rotatable bonds is 8. The summed E-state index contributed by atoms with van der Waals surface area (Å²) in [5.74, 6) is 0.0662. The van der Waals surface area contributed by atoms with Gasteiger partial charge in [0, 0.05) is 17.1 Å². The average Bonchev–Trinajstić information content (AvgIpc) is 2.78. The van der Waals surface area contributed by atoms with Crippen molar-refractivity contribution in [2.45, 2.75) is 53.5 Å². The molecule has 4 nitrogen and oxygen atoms in total. The zero-order valence-corrected chi connectivity index (χ0v) is 20.6. The number of carbonyl (C=O) groups is 2. The van der Waals surface area contributed by atoms with Crippen molar-refractivity contribution in [3.63, 3.8) is 0 Å². The molecule has 0 radical (unpaired) electrons. The van der Waals surface area contributed by atoms with Gasteiger partial charge in [-0.1, -0.05) is 42.8 Å². The third-order valence-corrected chi connectivity index (χ3v) is 4.84. The van der Waals surface area contributed by atoms with Gasteiger partial charge in [-0.05, 0) is 78.9 Å². The first kappa shape index (κ1) is 28.3. The fourth-order valence-corrected chi connectivity index (χ4v) is 2.83. The molecule has 0 aliphatic carbocycles. The van der Waals surface area contributed by atoms with Crippen LogP contribution < -0.4 is 0 Å². The maximum Gasteiger partial charge on any atom is 0.181 e. The molecule has 1 heterocycles. The van der Waals surface area contributed by atoms with Gasteiger partial charge < -0.3 is 4.79 Å². The Labute approximate surface area is 195 Å². The molecule has 2 rings (SSSR count). The van der Waals surface area contributed by atoms with E-state index in [0.717, 1.165) is 28.6 Å². The molecule has 5 heteroatoms. The second kappa shape index (κ2) is 17.1. The van der Waals surface area contributed by atoms with Crippen LogP contribution in [0.4, 0.5) is 0 Å². The lowest BCUT2D eigenvalue weighted by atomic mass is 10.0. The van der Waals surface area contributed by atoms with E-state index < -0.39 is 0 Å². The second-order valence-corrected chi connectivity index (χ2v) is 7.76. The van der Waals surface area contributed by atoms with Gasteiger partial charge >= 0.3 is 0 Å². The lowest BCUT2D eigenvalue weighted by Gasteiger charge is -2.06. The molecule has 2 aromatic rings. The number of hydrogen-bond donors (Lipinski definition) is 0. The minimum atomic E-state index is 0.0662. The normalized spacial score (nSPS) is 10.0. The smallest absolute Gasteiger partial charge is 0.181 e. The molecule has 0 unspecified atom stereocenters. The van der Waals surface area contributed by atoms with Gasteiger partial charge in [0.25, 0.3) is 0 Å². The minimum absolute atomic E-state index is 0.0662. The van der Waals surface area contributed by atoms with Gasteiger partial charge in [0.1, 0.15) is 12.5 Å². The standard InChI is InChI=1S/C21H23BrN2O.C4H8.CH2O/c1-15(2)13-19(24-14-20-18(22)9-6-12-23-20)21(25)11-10-17-8-5-4-7-16(17)3;1-3-4-2;1-2/h4-9,12-13H,10-11,14H2,1-3H3;3H,1,4H2,2H3;1H2. The van der Waals surface area contributed by atoms with Crippen LogP contribution in [-0.2, 0) is 22.6 Å². The topological polar surface area (TPSA) is 59.4 Å². The molecular formula is C26H33BrN2O2. The van der Waals surface area contributed by atoms with Gasteiger partial charge in [-0.25, -0.2) is 0 Å². The summed E-state index contributed by atoms with van der Waals surface area (Å²) >= 11 is 3.47. The second-order valence-electron chi connectivity index (χ2n) is 6.90. The Bertz CT molecular complexity index is 884. The summed E-state index contributed by atoms with van der Waals surface area (Å²) in [7, 11) is 0. The number of aryl methyl sites for hydroxylation is 2. The lowest BCUT2D eigenvalue weighted by Crippen LogP contribution is -2.14. The molecule has 0 N–H and O–H groups in total. The first-order valence-corrected chi connectivity index (χ1v) is 10.9. The van der Waals surface area contributed by atoms with Crippen molar-refractivity contribution in [1.29, 1.82) is 0 Å².